The maximum absolute atomic E-state index is 12.9. The molecule has 1 aromatic heterocycles. The first-order valence-electron chi connectivity index (χ1n) is 10.7. The summed E-state index contributed by atoms with van der Waals surface area (Å²) in [6.07, 6.45) is 5.85. The molecule has 0 fully saturated rings. The lowest BCUT2D eigenvalue weighted by atomic mass is 10.1. The molecule has 2 aliphatic heterocycles. The number of fused-ring (bicyclic) bond motifs is 5. The van der Waals surface area contributed by atoms with E-state index >= 15 is 0 Å². The van der Waals surface area contributed by atoms with E-state index in [1.807, 2.05) is 59.6 Å². The summed E-state index contributed by atoms with van der Waals surface area (Å²) in [5.74, 6) is -0.479. The summed E-state index contributed by atoms with van der Waals surface area (Å²) in [7, 11) is 0. The van der Waals surface area contributed by atoms with Gasteiger partial charge in [-0.1, -0.05) is 77.8 Å². The van der Waals surface area contributed by atoms with Crippen LogP contribution in [-0.4, -0.2) is 40.4 Å². The molecule has 3 heterocycles. The average molecular weight is 500 g/mol. The standard InChI is InChI=1S/C19H17Cl2N3O4.C6H6/c20-13-5-4-12-10-23-11-22(7-2-1-3-9-28-18(12)15(13)21)19(27)16-17(26)14(25)6-8-24(16)23;1-2-4-6-5-3-1/h1,3-6,8,26H,2,7,9-11H2;1-6H/b3-1+;. The zero-order valence-corrected chi connectivity index (χ0v) is 19.7. The van der Waals surface area contributed by atoms with Crippen LogP contribution in [0.15, 0.2) is 77.7 Å². The molecule has 2 aliphatic rings. The van der Waals surface area contributed by atoms with E-state index in [2.05, 4.69) is 0 Å². The first kappa shape index (κ1) is 23.7. The fourth-order valence-corrected chi connectivity index (χ4v) is 4.10. The van der Waals surface area contributed by atoms with E-state index in [4.69, 9.17) is 27.9 Å². The van der Waals surface area contributed by atoms with Crippen LogP contribution in [0.1, 0.15) is 22.5 Å². The van der Waals surface area contributed by atoms with Gasteiger partial charge >= 0.3 is 0 Å². The zero-order chi connectivity index (χ0) is 24.1. The summed E-state index contributed by atoms with van der Waals surface area (Å²) in [6.45, 7) is 1.38. The predicted octanol–water partition coefficient (Wildman–Crippen LogP) is 4.44. The Morgan fingerprint density at radius 2 is 1.65 bits per heavy atom. The van der Waals surface area contributed by atoms with E-state index in [9.17, 15) is 14.7 Å². The maximum atomic E-state index is 12.9. The molecule has 7 nitrogen and oxygen atoms in total. The Bertz CT molecular complexity index is 1230. The van der Waals surface area contributed by atoms with Crippen molar-refractivity contribution in [1.82, 2.24) is 9.58 Å². The molecule has 0 radical (unpaired) electrons. The van der Waals surface area contributed by atoms with Crippen molar-refractivity contribution in [2.24, 2.45) is 0 Å². The highest BCUT2D eigenvalue weighted by molar-refractivity contribution is 6.43. The van der Waals surface area contributed by atoms with Gasteiger partial charge in [0.1, 0.15) is 24.0 Å². The van der Waals surface area contributed by atoms with Crippen LogP contribution in [0.5, 0.6) is 11.5 Å². The molecule has 5 rings (SSSR count). The van der Waals surface area contributed by atoms with E-state index in [1.54, 1.807) is 11.0 Å². The van der Waals surface area contributed by atoms with E-state index in [-0.39, 0.29) is 18.3 Å². The number of amides is 1. The molecule has 2 aromatic carbocycles. The molecule has 0 saturated heterocycles. The number of nitrogens with zero attached hydrogens (tertiary/aromatic N) is 3. The minimum atomic E-state index is -0.596. The summed E-state index contributed by atoms with van der Waals surface area (Å²) < 4.78 is 7.35. The normalized spacial score (nSPS) is 16.0. The first-order chi connectivity index (χ1) is 16.5. The molecule has 0 aliphatic carbocycles. The molecule has 1 amide bonds. The van der Waals surface area contributed by atoms with Crippen molar-refractivity contribution in [3.63, 3.8) is 0 Å². The average Bonchev–Trinajstić information content (AvgIpc) is 2.85. The van der Waals surface area contributed by atoms with E-state index in [0.29, 0.717) is 41.9 Å². The smallest absolute Gasteiger partial charge is 0.277 e. The van der Waals surface area contributed by atoms with Gasteiger partial charge < -0.3 is 14.7 Å². The number of halogens is 2. The van der Waals surface area contributed by atoms with Gasteiger partial charge in [-0.05, 0) is 12.5 Å². The van der Waals surface area contributed by atoms with Crippen LogP contribution >= 0.6 is 23.2 Å². The molecule has 3 aromatic rings. The molecule has 9 heteroatoms. The third kappa shape index (κ3) is 5.05. The quantitative estimate of drug-likeness (QED) is 0.462. The highest BCUT2D eigenvalue weighted by atomic mass is 35.5. The van der Waals surface area contributed by atoms with Gasteiger partial charge in [-0.25, -0.2) is 0 Å². The van der Waals surface area contributed by atoms with Gasteiger partial charge in [0.05, 0.1) is 11.6 Å². The van der Waals surface area contributed by atoms with Gasteiger partial charge in [0.25, 0.3) is 5.91 Å². The Kier molecular flexibility index (Phi) is 7.45. The number of aromatic hydroxyl groups is 1. The number of ether oxygens (including phenoxy) is 1. The Morgan fingerprint density at radius 1 is 0.941 bits per heavy atom. The number of rotatable bonds is 0. The largest absolute Gasteiger partial charge is 0.502 e. The summed E-state index contributed by atoms with van der Waals surface area (Å²) in [5, 5.41) is 12.8. The van der Waals surface area contributed by atoms with Crippen LogP contribution < -0.4 is 15.2 Å². The molecule has 0 saturated carbocycles. The molecule has 0 unspecified atom stereocenters. The number of hydrogen-bond donors (Lipinski definition) is 1. The van der Waals surface area contributed by atoms with Crippen molar-refractivity contribution in [2.75, 3.05) is 24.8 Å². The van der Waals surface area contributed by atoms with Crippen LogP contribution in [0, 0.1) is 0 Å². The predicted molar refractivity (Wildman–Crippen MR) is 132 cm³/mol. The van der Waals surface area contributed by atoms with Crippen LogP contribution in [0.4, 0.5) is 0 Å². The van der Waals surface area contributed by atoms with Crippen LogP contribution in [0.25, 0.3) is 0 Å². The lowest BCUT2D eigenvalue weighted by molar-refractivity contribution is 0.0688. The van der Waals surface area contributed by atoms with Crippen molar-refractivity contribution >= 4 is 29.1 Å². The van der Waals surface area contributed by atoms with E-state index < -0.39 is 11.2 Å². The molecular formula is C25H23Cl2N3O4. The van der Waals surface area contributed by atoms with Crippen molar-refractivity contribution in [1.29, 1.82) is 0 Å². The van der Waals surface area contributed by atoms with Crippen molar-refractivity contribution in [3.05, 3.63) is 104 Å². The van der Waals surface area contributed by atoms with E-state index in [1.165, 1.54) is 16.9 Å². The summed E-state index contributed by atoms with van der Waals surface area (Å²) in [5.41, 5.74) is 0.116. The lowest BCUT2D eigenvalue weighted by Crippen LogP contribution is -2.53. The molecular weight excluding hydrogens is 477 g/mol. The topological polar surface area (TPSA) is 75.0 Å². The van der Waals surface area contributed by atoms with Gasteiger partial charge in [0.2, 0.25) is 5.43 Å². The number of hydrogen-bond acceptors (Lipinski definition) is 5. The highest BCUT2D eigenvalue weighted by Crippen LogP contribution is 2.36. The van der Waals surface area contributed by atoms with E-state index in [0.717, 1.165) is 5.56 Å². The Morgan fingerprint density at radius 3 is 2.35 bits per heavy atom. The highest BCUT2D eigenvalue weighted by Gasteiger charge is 2.32. The summed E-state index contributed by atoms with van der Waals surface area (Å²) in [4.78, 5) is 26.3. The number of pyridine rings is 1. The minimum absolute atomic E-state index is 0.0534. The van der Waals surface area contributed by atoms with Gasteiger partial charge in [-0.2, -0.15) is 0 Å². The number of aromatic nitrogens is 1. The van der Waals surface area contributed by atoms with Gasteiger partial charge in [-0.3, -0.25) is 19.3 Å². The second-order valence-electron chi connectivity index (χ2n) is 7.67. The van der Waals surface area contributed by atoms with Gasteiger partial charge in [0, 0.05) is 24.4 Å². The SMILES string of the molecule is O=C1c2c(O)c(=O)ccn2N2Cc3ccc(Cl)c(Cl)c3OC/C=C/CCN1C2.c1ccccc1. The lowest BCUT2D eigenvalue weighted by Gasteiger charge is -2.39. The van der Waals surface area contributed by atoms with Crippen LogP contribution in [-0.2, 0) is 6.54 Å². The van der Waals surface area contributed by atoms with Crippen molar-refractivity contribution in [2.45, 2.75) is 13.0 Å². The molecule has 2 bridgehead atoms. The van der Waals surface area contributed by atoms with Crippen LogP contribution in [0.2, 0.25) is 10.0 Å². The van der Waals surface area contributed by atoms with Crippen molar-refractivity contribution < 1.29 is 14.6 Å². The Labute approximate surface area is 207 Å². The Balaban J connectivity index is 0.000000398. The summed E-state index contributed by atoms with van der Waals surface area (Å²) >= 11 is 12.5. The monoisotopic (exact) mass is 499 g/mol. The van der Waals surface area contributed by atoms with Crippen molar-refractivity contribution in [3.8, 4) is 11.5 Å². The molecule has 0 atom stereocenters. The number of carbonyl (C=O) groups excluding carboxylic acids is 1. The first-order valence-corrected chi connectivity index (χ1v) is 11.5. The maximum Gasteiger partial charge on any atom is 0.277 e. The van der Waals surface area contributed by atoms with Crippen LogP contribution in [0.3, 0.4) is 0 Å². The molecule has 34 heavy (non-hydrogen) atoms. The van der Waals surface area contributed by atoms with Gasteiger partial charge in [-0.15, -0.1) is 0 Å². The number of benzene rings is 2. The fraction of sp³-hybridized carbons (Fsp3) is 0.200. The number of carbonyl (C=O) groups is 1. The molecule has 0 spiro atoms. The minimum Gasteiger partial charge on any atom is -0.502 e. The Hall–Kier alpha value is -3.42. The third-order valence-electron chi connectivity index (χ3n) is 5.39. The third-order valence-corrected chi connectivity index (χ3v) is 6.18. The van der Waals surface area contributed by atoms with Gasteiger partial charge in [0.15, 0.2) is 11.4 Å². The summed E-state index contributed by atoms with van der Waals surface area (Å²) in [6, 6.07) is 16.7. The second kappa shape index (κ2) is 10.7. The molecule has 1 N–H and O–H groups in total. The zero-order valence-electron chi connectivity index (χ0n) is 18.2. The molecule has 176 valence electrons. The second-order valence-corrected chi connectivity index (χ2v) is 8.46. The fourth-order valence-electron chi connectivity index (χ4n) is 3.71.